The van der Waals surface area contributed by atoms with Crippen LogP contribution in [0.2, 0.25) is 0 Å². The highest BCUT2D eigenvalue weighted by atomic mass is 32.1. The summed E-state index contributed by atoms with van der Waals surface area (Å²) >= 11 is 1.34. The number of hydrogen-bond donors (Lipinski definition) is 1. The van der Waals surface area contributed by atoms with Crippen molar-refractivity contribution in [3.63, 3.8) is 0 Å². The Hall–Kier alpha value is -2.15. The minimum atomic E-state index is -0.827. The van der Waals surface area contributed by atoms with Crippen molar-refractivity contribution in [2.75, 3.05) is 13.1 Å². The number of carbonyl (C=O) groups is 2. The van der Waals surface area contributed by atoms with Crippen LogP contribution in [0.4, 0.5) is 0 Å². The second-order valence-corrected chi connectivity index (χ2v) is 6.41. The van der Waals surface area contributed by atoms with Gasteiger partial charge in [0.15, 0.2) is 5.13 Å². The van der Waals surface area contributed by atoms with Gasteiger partial charge in [-0.25, -0.2) is 4.98 Å². The Balaban J connectivity index is 1.82. The lowest BCUT2D eigenvalue weighted by atomic mass is 9.98. The van der Waals surface area contributed by atoms with Crippen LogP contribution in [0, 0.1) is 12.8 Å². The van der Waals surface area contributed by atoms with E-state index in [1.807, 2.05) is 36.0 Å². The third-order valence-corrected chi connectivity index (χ3v) is 5.02. The minimum Gasteiger partial charge on any atom is -0.481 e. The molecule has 116 valence electrons. The maximum absolute atomic E-state index is 12.7. The zero-order valence-electron chi connectivity index (χ0n) is 12.2. The van der Waals surface area contributed by atoms with E-state index in [1.54, 1.807) is 4.90 Å². The smallest absolute Gasteiger partial charge is 0.308 e. The summed E-state index contributed by atoms with van der Waals surface area (Å²) in [4.78, 5) is 30.5. The monoisotopic (exact) mass is 319 g/mol. The molecule has 3 rings (SSSR count). The van der Waals surface area contributed by atoms with Crippen molar-refractivity contribution >= 4 is 23.2 Å². The largest absolute Gasteiger partial charge is 0.481 e. The highest BCUT2D eigenvalue weighted by molar-refractivity contribution is 7.16. The maximum atomic E-state index is 12.7. The van der Waals surface area contributed by atoms with Gasteiger partial charge >= 0.3 is 5.97 Å². The summed E-state index contributed by atoms with van der Waals surface area (Å²) in [7, 11) is 0. The normalized spacial score (nSPS) is 18.4. The first-order valence-corrected chi connectivity index (χ1v) is 8.01. The van der Waals surface area contributed by atoms with Crippen molar-refractivity contribution in [1.82, 2.24) is 14.5 Å². The number of thiazole rings is 1. The number of aliphatic carboxylic acids is 1. The number of nitrogens with zero attached hydrogens (tertiary/aromatic N) is 3. The summed E-state index contributed by atoms with van der Waals surface area (Å²) in [6.07, 6.45) is 5.13. The first kappa shape index (κ1) is 14.8. The van der Waals surface area contributed by atoms with Gasteiger partial charge in [0, 0.05) is 25.5 Å². The number of amides is 1. The molecule has 1 aliphatic rings. The van der Waals surface area contributed by atoms with Gasteiger partial charge in [0.1, 0.15) is 4.88 Å². The molecule has 0 radical (unpaired) electrons. The van der Waals surface area contributed by atoms with Gasteiger partial charge in [-0.1, -0.05) is 11.3 Å². The van der Waals surface area contributed by atoms with Crippen molar-refractivity contribution < 1.29 is 14.7 Å². The van der Waals surface area contributed by atoms with E-state index in [0.717, 1.165) is 11.6 Å². The molecule has 1 atom stereocenters. The number of aryl methyl sites for hydroxylation is 1. The van der Waals surface area contributed by atoms with Crippen molar-refractivity contribution in [1.29, 1.82) is 0 Å². The predicted octanol–water partition coefficient (Wildman–Crippen LogP) is 2.18. The molecule has 6 nitrogen and oxygen atoms in total. The Kier molecular flexibility index (Phi) is 3.98. The van der Waals surface area contributed by atoms with Gasteiger partial charge in [-0.3, -0.25) is 9.59 Å². The molecular weight excluding hydrogens is 302 g/mol. The van der Waals surface area contributed by atoms with Crippen LogP contribution >= 0.6 is 11.3 Å². The average molecular weight is 319 g/mol. The predicted molar refractivity (Wildman–Crippen MR) is 82.4 cm³/mol. The summed E-state index contributed by atoms with van der Waals surface area (Å²) in [5.41, 5.74) is 0.691. The number of piperidine rings is 1. The molecule has 1 aliphatic heterocycles. The van der Waals surface area contributed by atoms with Crippen molar-refractivity contribution in [3.8, 4) is 5.13 Å². The van der Waals surface area contributed by atoms with Gasteiger partial charge in [0.05, 0.1) is 11.6 Å². The zero-order valence-corrected chi connectivity index (χ0v) is 13.0. The number of likely N-dealkylation sites (tertiary alicyclic amines) is 1. The molecule has 1 unspecified atom stereocenters. The summed E-state index contributed by atoms with van der Waals surface area (Å²) in [5, 5.41) is 9.89. The van der Waals surface area contributed by atoms with Crippen LogP contribution in [0.5, 0.6) is 0 Å². The van der Waals surface area contributed by atoms with Crippen LogP contribution in [0.1, 0.15) is 28.2 Å². The van der Waals surface area contributed by atoms with E-state index in [-0.39, 0.29) is 12.5 Å². The summed E-state index contributed by atoms with van der Waals surface area (Å²) in [6, 6.07) is 3.81. The Bertz CT molecular complexity index is 693. The molecule has 2 aromatic rings. The molecule has 1 amide bonds. The number of carbonyl (C=O) groups excluding carboxylic acids is 1. The van der Waals surface area contributed by atoms with E-state index in [4.69, 9.17) is 5.11 Å². The van der Waals surface area contributed by atoms with Gasteiger partial charge in [-0.05, 0) is 31.9 Å². The van der Waals surface area contributed by atoms with Gasteiger partial charge in [-0.2, -0.15) is 0 Å². The van der Waals surface area contributed by atoms with E-state index in [1.165, 1.54) is 11.3 Å². The maximum Gasteiger partial charge on any atom is 0.308 e. The van der Waals surface area contributed by atoms with E-state index < -0.39 is 11.9 Å². The molecule has 22 heavy (non-hydrogen) atoms. The fourth-order valence-corrected chi connectivity index (χ4v) is 3.66. The van der Waals surface area contributed by atoms with Crippen LogP contribution in [-0.4, -0.2) is 44.5 Å². The van der Waals surface area contributed by atoms with Gasteiger partial charge in [-0.15, -0.1) is 0 Å². The fraction of sp³-hybridized carbons (Fsp3) is 0.400. The highest BCUT2D eigenvalue weighted by Gasteiger charge is 2.30. The first-order valence-electron chi connectivity index (χ1n) is 7.19. The Morgan fingerprint density at radius 2 is 2.09 bits per heavy atom. The van der Waals surface area contributed by atoms with Crippen LogP contribution in [-0.2, 0) is 4.79 Å². The van der Waals surface area contributed by atoms with E-state index >= 15 is 0 Å². The summed E-state index contributed by atoms with van der Waals surface area (Å²) in [5.74, 6) is -1.40. The molecule has 0 bridgehead atoms. The molecular formula is C15H17N3O3S. The standard InChI is InChI=1S/C15H17N3O3S/c1-10-12(22-15(16-10)17-6-2-3-7-17)13(19)18-8-4-5-11(9-18)14(20)21/h2-3,6-7,11H,4-5,8-9H2,1H3,(H,20,21). The lowest BCUT2D eigenvalue weighted by Crippen LogP contribution is -2.42. The molecule has 0 spiro atoms. The third kappa shape index (κ3) is 2.76. The molecule has 0 aliphatic carbocycles. The molecule has 0 aromatic carbocycles. The lowest BCUT2D eigenvalue weighted by molar-refractivity contribution is -0.143. The quantitative estimate of drug-likeness (QED) is 0.941. The van der Waals surface area contributed by atoms with Crippen molar-refractivity contribution in [2.45, 2.75) is 19.8 Å². The van der Waals surface area contributed by atoms with E-state index in [0.29, 0.717) is 23.5 Å². The van der Waals surface area contributed by atoms with Crippen LogP contribution < -0.4 is 0 Å². The molecule has 1 N–H and O–H groups in total. The molecule has 7 heteroatoms. The highest BCUT2D eigenvalue weighted by Crippen LogP contribution is 2.25. The van der Waals surface area contributed by atoms with Crippen LogP contribution in [0.25, 0.3) is 5.13 Å². The molecule has 1 fully saturated rings. The molecule has 3 heterocycles. The topological polar surface area (TPSA) is 75.4 Å². The van der Waals surface area contributed by atoms with Crippen LogP contribution in [0.15, 0.2) is 24.5 Å². The van der Waals surface area contributed by atoms with Gasteiger partial charge in [0.25, 0.3) is 5.91 Å². The Morgan fingerprint density at radius 3 is 2.77 bits per heavy atom. The number of carboxylic acid groups (broad SMARTS) is 1. The first-order chi connectivity index (χ1) is 10.6. The number of hydrogen-bond acceptors (Lipinski definition) is 4. The molecule has 0 saturated carbocycles. The second-order valence-electron chi connectivity index (χ2n) is 5.43. The number of aromatic nitrogens is 2. The average Bonchev–Trinajstić information content (AvgIpc) is 3.16. The van der Waals surface area contributed by atoms with E-state index in [9.17, 15) is 9.59 Å². The van der Waals surface area contributed by atoms with Crippen molar-refractivity contribution in [2.24, 2.45) is 5.92 Å². The van der Waals surface area contributed by atoms with Gasteiger partial charge in [0.2, 0.25) is 0 Å². The van der Waals surface area contributed by atoms with E-state index in [2.05, 4.69) is 4.98 Å². The minimum absolute atomic E-state index is 0.112. The second kappa shape index (κ2) is 5.92. The zero-order chi connectivity index (χ0) is 15.7. The Labute approximate surface area is 132 Å². The summed E-state index contributed by atoms with van der Waals surface area (Å²) < 4.78 is 1.87. The SMILES string of the molecule is Cc1nc(-n2cccc2)sc1C(=O)N1CCCC(C(=O)O)C1. The Morgan fingerprint density at radius 1 is 1.36 bits per heavy atom. The third-order valence-electron chi connectivity index (χ3n) is 3.86. The van der Waals surface area contributed by atoms with Gasteiger partial charge < -0.3 is 14.6 Å². The van der Waals surface area contributed by atoms with Crippen LogP contribution in [0.3, 0.4) is 0 Å². The fourth-order valence-electron chi connectivity index (χ4n) is 2.66. The lowest BCUT2D eigenvalue weighted by Gasteiger charge is -2.30. The number of carboxylic acids is 1. The number of rotatable bonds is 3. The van der Waals surface area contributed by atoms with Crippen molar-refractivity contribution in [3.05, 3.63) is 35.1 Å². The molecule has 1 saturated heterocycles. The summed E-state index contributed by atoms with van der Waals surface area (Å²) in [6.45, 7) is 2.71. The molecule has 2 aromatic heterocycles.